The highest BCUT2D eigenvalue weighted by atomic mass is 16.4. The summed E-state index contributed by atoms with van der Waals surface area (Å²) < 4.78 is 0. The minimum absolute atomic E-state index is 0. The van der Waals surface area contributed by atoms with E-state index in [4.69, 9.17) is 20.4 Å². The molecule has 8 N–H and O–H groups in total. The maximum atomic E-state index is 10.8. The summed E-state index contributed by atoms with van der Waals surface area (Å²) in [5.41, 5.74) is 7.37. The topological polar surface area (TPSA) is 230 Å². The number of aromatic hydroxyl groups is 4. The number of phenols is 4. The van der Waals surface area contributed by atoms with E-state index in [0.29, 0.717) is 25.7 Å². The third-order valence-corrected chi connectivity index (χ3v) is 10.4. The van der Waals surface area contributed by atoms with Gasteiger partial charge in [0.1, 0.15) is 23.0 Å². The lowest BCUT2D eigenvalue weighted by Gasteiger charge is -2.23. The molecule has 0 saturated heterocycles. The Hall–Kier alpha value is -7.08. The summed E-state index contributed by atoms with van der Waals surface area (Å²) in [7, 11) is 0. The second-order valence-electron chi connectivity index (χ2n) is 20.7. The molecule has 376 valence electrons. The number of rotatable bonds is 12. The number of carboxylic acid groups (broad SMARTS) is 4. The zero-order valence-corrected chi connectivity index (χ0v) is 41.8. The monoisotopic (exact) mass is 953 g/mol. The van der Waals surface area contributed by atoms with Crippen molar-refractivity contribution >= 4 is 23.9 Å². The van der Waals surface area contributed by atoms with Crippen LogP contribution < -0.4 is 0 Å². The third kappa shape index (κ3) is 20.8. The molecule has 0 atom stereocenters. The first kappa shape index (κ1) is 61.9. The van der Waals surface area contributed by atoms with Crippen LogP contribution in [0.3, 0.4) is 0 Å². The van der Waals surface area contributed by atoms with Crippen LogP contribution >= 0.6 is 0 Å². The molecular formula is C57H76O12. The summed E-state index contributed by atoms with van der Waals surface area (Å²) in [5.74, 6) is -3.18. The van der Waals surface area contributed by atoms with Gasteiger partial charge in [-0.3, -0.25) is 0 Å². The summed E-state index contributed by atoms with van der Waals surface area (Å²) in [4.78, 5) is 43.1. The van der Waals surface area contributed by atoms with Gasteiger partial charge in [-0.05, 0) is 115 Å². The highest BCUT2D eigenvalue weighted by Crippen LogP contribution is 2.34. The average Bonchev–Trinajstić information content (AvgIpc) is 3.19. The molecule has 0 aliphatic rings. The standard InChI is InChI=1S/4C14H18O3.CH4/c4*1-9(13(16)17)7-10-5-6-11(15)8-12(10)14(2,3)4;/h4*5-6,8,15H,1,7H2,2-4H3,(H,16,17);1H4. The van der Waals surface area contributed by atoms with Crippen LogP contribution in [0, 0.1) is 0 Å². The molecule has 0 saturated carbocycles. The first-order valence-corrected chi connectivity index (χ1v) is 21.8. The molecule has 4 aromatic carbocycles. The van der Waals surface area contributed by atoms with E-state index in [1.807, 2.05) is 83.1 Å². The number of carboxylic acids is 4. The van der Waals surface area contributed by atoms with E-state index in [9.17, 15) is 39.6 Å². The summed E-state index contributed by atoms with van der Waals surface area (Å²) in [5, 5.41) is 73.4. The van der Waals surface area contributed by atoms with Crippen molar-refractivity contribution in [1.82, 2.24) is 0 Å². The van der Waals surface area contributed by atoms with Gasteiger partial charge in [0, 0.05) is 48.0 Å². The second kappa shape index (κ2) is 25.3. The van der Waals surface area contributed by atoms with Crippen molar-refractivity contribution in [3.8, 4) is 23.0 Å². The molecule has 12 heteroatoms. The van der Waals surface area contributed by atoms with E-state index in [1.54, 1.807) is 72.8 Å². The molecule has 0 heterocycles. The maximum absolute atomic E-state index is 10.8. The van der Waals surface area contributed by atoms with E-state index in [1.165, 1.54) is 0 Å². The summed E-state index contributed by atoms with van der Waals surface area (Å²) >= 11 is 0. The Labute approximate surface area is 409 Å². The lowest BCUT2D eigenvalue weighted by Crippen LogP contribution is -2.15. The largest absolute Gasteiger partial charge is 0.508 e. The molecule has 0 unspecified atom stereocenters. The lowest BCUT2D eigenvalue weighted by atomic mass is 9.82. The van der Waals surface area contributed by atoms with Crippen LogP contribution in [0.5, 0.6) is 23.0 Å². The molecule has 0 aliphatic heterocycles. The Morgan fingerprint density at radius 2 is 0.493 bits per heavy atom. The molecule has 69 heavy (non-hydrogen) atoms. The van der Waals surface area contributed by atoms with Gasteiger partial charge in [0.25, 0.3) is 0 Å². The van der Waals surface area contributed by atoms with Gasteiger partial charge >= 0.3 is 23.9 Å². The molecular weight excluding hydrogens is 877 g/mol. The molecule has 0 spiro atoms. The summed E-state index contributed by atoms with van der Waals surface area (Å²) in [6.45, 7) is 38.4. The van der Waals surface area contributed by atoms with Crippen molar-refractivity contribution in [1.29, 1.82) is 0 Å². The molecule has 4 aromatic rings. The smallest absolute Gasteiger partial charge is 0.331 e. The molecule has 0 aromatic heterocycles. The van der Waals surface area contributed by atoms with Crippen molar-refractivity contribution in [3.05, 3.63) is 166 Å². The number of aliphatic carboxylic acids is 4. The van der Waals surface area contributed by atoms with Gasteiger partial charge in [0.2, 0.25) is 0 Å². The van der Waals surface area contributed by atoms with E-state index in [2.05, 4.69) is 26.3 Å². The Balaban J connectivity index is 0.000000889. The zero-order chi connectivity index (χ0) is 52.9. The number of benzene rings is 4. The van der Waals surface area contributed by atoms with Crippen molar-refractivity contribution in [2.45, 2.75) is 138 Å². The predicted molar refractivity (Wildman–Crippen MR) is 276 cm³/mol. The molecule has 0 amide bonds. The molecule has 12 nitrogen and oxygen atoms in total. The lowest BCUT2D eigenvalue weighted by molar-refractivity contribution is -0.133. The highest BCUT2D eigenvalue weighted by molar-refractivity contribution is 5.87. The van der Waals surface area contributed by atoms with Crippen molar-refractivity contribution in [2.75, 3.05) is 0 Å². The van der Waals surface area contributed by atoms with Crippen LogP contribution in [0.2, 0.25) is 0 Å². The molecule has 0 fully saturated rings. The van der Waals surface area contributed by atoms with E-state index < -0.39 is 23.9 Å². The van der Waals surface area contributed by atoms with E-state index in [0.717, 1.165) is 44.5 Å². The van der Waals surface area contributed by atoms with Crippen molar-refractivity contribution < 1.29 is 60.0 Å². The van der Waals surface area contributed by atoms with Gasteiger partial charge in [-0.1, -0.05) is 141 Å². The fraction of sp³-hybridized carbons (Fsp3) is 0.368. The normalized spacial score (nSPS) is 11.1. The van der Waals surface area contributed by atoms with Crippen LogP contribution in [0.15, 0.2) is 121 Å². The fourth-order valence-electron chi connectivity index (χ4n) is 6.89. The highest BCUT2D eigenvalue weighted by Gasteiger charge is 2.23. The van der Waals surface area contributed by atoms with Crippen LogP contribution in [0.25, 0.3) is 0 Å². The SMILES string of the molecule is C.C=C(Cc1ccc(O)cc1C(C)(C)C)C(=O)O.C=C(Cc1ccc(O)cc1C(C)(C)C)C(=O)O.C=C(Cc1ccc(O)cc1C(C)(C)C)C(=O)O.C=C(Cc1ccc(O)cc1C(C)(C)C)C(=O)O. The predicted octanol–water partition coefficient (Wildman–Crippen LogP) is 12.1. The quantitative estimate of drug-likeness (QED) is 0.0620. The van der Waals surface area contributed by atoms with Crippen molar-refractivity contribution in [3.63, 3.8) is 0 Å². The Kier molecular flexibility index (Phi) is 22.7. The first-order chi connectivity index (χ1) is 30.9. The number of carbonyl (C=O) groups is 4. The Morgan fingerprint density at radius 1 is 0.348 bits per heavy atom. The average molecular weight is 953 g/mol. The summed E-state index contributed by atoms with van der Waals surface area (Å²) in [6, 6.07) is 20.0. The number of hydrogen-bond donors (Lipinski definition) is 8. The van der Waals surface area contributed by atoms with Crippen LogP contribution in [0.1, 0.15) is 135 Å². The minimum Gasteiger partial charge on any atom is -0.508 e. The van der Waals surface area contributed by atoms with E-state index >= 15 is 0 Å². The number of hydrogen-bond acceptors (Lipinski definition) is 8. The van der Waals surface area contributed by atoms with Gasteiger partial charge in [0.05, 0.1) is 0 Å². The fourth-order valence-corrected chi connectivity index (χ4v) is 6.89. The zero-order valence-electron chi connectivity index (χ0n) is 41.8. The molecule has 0 radical (unpaired) electrons. The maximum Gasteiger partial charge on any atom is 0.331 e. The molecule has 0 aliphatic carbocycles. The van der Waals surface area contributed by atoms with Gasteiger partial charge < -0.3 is 40.9 Å². The first-order valence-electron chi connectivity index (χ1n) is 21.8. The second-order valence-corrected chi connectivity index (χ2v) is 20.7. The minimum atomic E-state index is -0.988. The Morgan fingerprint density at radius 3 is 0.609 bits per heavy atom. The Bertz CT molecular complexity index is 2160. The summed E-state index contributed by atoms with van der Waals surface area (Å²) in [6.07, 6.45) is 1.18. The van der Waals surface area contributed by atoms with Crippen LogP contribution in [0.4, 0.5) is 0 Å². The van der Waals surface area contributed by atoms with Gasteiger partial charge in [0.15, 0.2) is 0 Å². The van der Waals surface area contributed by atoms with Gasteiger partial charge in [-0.15, -0.1) is 0 Å². The third-order valence-electron chi connectivity index (χ3n) is 10.4. The molecule has 4 rings (SSSR count). The van der Waals surface area contributed by atoms with Crippen LogP contribution in [-0.4, -0.2) is 64.7 Å². The van der Waals surface area contributed by atoms with Gasteiger partial charge in [-0.25, -0.2) is 19.2 Å². The van der Waals surface area contributed by atoms with Crippen LogP contribution in [-0.2, 0) is 66.5 Å². The van der Waals surface area contributed by atoms with E-state index in [-0.39, 0.29) is 74.4 Å². The van der Waals surface area contributed by atoms with Gasteiger partial charge in [-0.2, -0.15) is 0 Å². The number of phenolic OH excluding ortho intramolecular Hbond substituents is 4. The van der Waals surface area contributed by atoms with Crippen molar-refractivity contribution in [2.24, 2.45) is 0 Å². The molecule has 0 bridgehead atoms.